The quantitative estimate of drug-likeness (QED) is 0.898. The zero-order chi connectivity index (χ0) is 15.4. The van der Waals surface area contributed by atoms with Crippen molar-refractivity contribution in [2.24, 2.45) is 11.8 Å². The van der Waals surface area contributed by atoms with Crippen molar-refractivity contribution in [2.75, 3.05) is 31.5 Å². The number of hydrogen-bond acceptors (Lipinski definition) is 3. The van der Waals surface area contributed by atoms with E-state index < -0.39 is 0 Å². The van der Waals surface area contributed by atoms with Gasteiger partial charge in [-0.15, -0.1) is 0 Å². The second-order valence-corrected chi connectivity index (χ2v) is 6.83. The number of benzene rings is 1. The molecular weight excluding hydrogens is 274 g/mol. The smallest absolute Gasteiger partial charge is 0.228 e. The van der Waals surface area contributed by atoms with E-state index in [1.165, 1.54) is 31.5 Å². The molecule has 4 nitrogen and oxygen atoms in total. The Labute approximate surface area is 133 Å². The molecule has 3 rings (SSSR count). The first kappa shape index (κ1) is 15.5. The van der Waals surface area contributed by atoms with Gasteiger partial charge in [0.15, 0.2) is 0 Å². The summed E-state index contributed by atoms with van der Waals surface area (Å²) in [5.41, 5.74) is 2.24. The van der Waals surface area contributed by atoms with Gasteiger partial charge in [0.05, 0.1) is 5.92 Å². The highest BCUT2D eigenvalue weighted by Crippen LogP contribution is 2.19. The molecule has 4 heteroatoms. The summed E-state index contributed by atoms with van der Waals surface area (Å²) in [6.45, 7) is 7.52. The third kappa shape index (κ3) is 4.08. The van der Waals surface area contributed by atoms with Gasteiger partial charge in [-0.25, -0.2) is 0 Å². The van der Waals surface area contributed by atoms with E-state index >= 15 is 0 Å². The molecule has 0 bridgehead atoms. The number of likely N-dealkylation sites (tertiary alicyclic amines) is 1. The molecule has 2 fully saturated rings. The largest absolute Gasteiger partial charge is 0.326 e. The fraction of sp³-hybridized carbons (Fsp3) is 0.611. The van der Waals surface area contributed by atoms with E-state index in [1.807, 2.05) is 12.1 Å². The van der Waals surface area contributed by atoms with Crippen LogP contribution in [0.3, 0.4) is 0 Å². The van der Waals surface area contributed by atoms with Crippen molar-refractivity contribution in [2.45, 2.75) is 32.7 Å². The Morgan fingerprint density at radius 3 is 2.59 bits per heavy atom. The molecule has 0 spiro atoms. The van der Waals surface area contributed by atoms with Crippen molar-refractivity contribution in [3.05, 3.63) is 29.8 Å². The van der Waals surface area contributed by atoms with Gasteiger partial charge >= 0.3 is 0 Å². The molecule has 2 aliphatic heterocycles. The number of hydrogen-bond donors (Lipinski definition) is 2. The van der Waals surface area contributed by atoms with Crippen LogP contribution in [0.4, 0.5) is 5.69 Å². The Morgan fingerprint density at radius 1 is 1.23 bits per heavy atom. The number of amides is 1. The average molecular weight is 301 g/mol. The summed E-state index contributed by atoms with van der Waals surface area (Å²) in [5.74, 6) is 1.14. The van der Waals surface area contributed by atoms with Gasteiger partial charge in [0, 0.05) is 18.8 Å². The highest BCUT2D eigenvalue weighted by Gasteiger charge is 2.22. The summed E-state index contributed by atoms with van der Waals surface area (Å²) >= 11 is 0. The van der Waals surface area contributed by atoms with Gasteiger partial charge in [-0.2, -0.15) is 0 Å². The van der Waals surface area contributed by atoms with Gasteiger partial charge in [-0.3, -0.25) is 9.69 Å². The molecule has 120 valence electrons. The molecule has 2 aliphatic rings. The molecule has 2 heterocycles. The van der Waals surface area contributed by atoms with Crippen LogP contribution >= 0.6 is 0 Å². The molecule has 22 heavy (non-hydrogen) atoms. The fourth-order valence-electron chi connectivity index (χ4n) is 3.29. The summed E-state index contributed by atoms with van der Waals surface area (Å²) in [7, 11) is 0. The van der Waals surface area contributed by atoms with Crippen LogP contribution in [-0.4, -0.2) is 37.0 Å². The van der Waals surface area contributed by atoms with Crippen LogP contribution in [0.2, 0.25) is 0 Å². The van der Waals surface area contributed by atoms with Gasteiger partial charge < -0.3 is 10.6 Å². The van der Waals surface area contributed by atoms with Gasteiger partial charge in [0.2, 0.25) is 5.91 Å². The fourth-order valence-corrected chi connectivity index (χ4v) is 3.29. The number of anilines is 1. The van der Waals surface area contributed by atoms with Crippen molar-refractivity contribution >= 4 is 11.6 Å². The molecule has 0 radical (unpaired) electrons. The van der Waals surface area contributed by atoms with Crippen LogP contribution in [0.25, 0.3) is 0 Å². The minimum atomic E-state index is 0.120. The van der Waals surface area contributed by atoms with Crippen LogP contribution in [0.1, 0.15) is 31.7 Å². The number of rotatable bonds is 4. The third-order valence-electron chi connectivity index (χ3n) is 4.94. The number of carbonyl (C=O) groups is 1. The van der Waals surface area contributed by atoms with E-state index in [2.05, 4.69) is 34.6 Å². The third-order valence-corrected chi connectivity index (χ3v) is 4.94. The Balaban J connectivity index is 1.50. The lowest BCUT2D eigenvalue weighted by Crippen LogP contribution is -2.32. The van der Waals surface area contributed by atoms with Gasteiger partial charge in [-0.05, 0) is 62.5 Å². The first-order chi connectivity index (χ1) is 10.7. The number of piperidine rings is 1. The molecule has 2 saturated heterocycles. The average Bonchev–Trinajstić information content (AvgIpc) is 3.06. The van der Waals surface area contributed by atoms with Gasteiger partial charge in [0.1, 0.15) is 0 Å². The highest BCUT2D eigenvalue weighted by atomic mass is 16.1. The molecule has 1 atom stereocenters. The van der Waals surface area contributed by atoms with E-state index in [1.54, 1.807) is 0 Å². The van der Waals surface area contributed by atoms with Crippen LogP contribution in [-0.2, 0) is 11.3 Å². The Hall–Kier alpha value is -1.39. The molecule has 1 unspecified atom stereocenters. The van der Waals surface area contributed by atoms with Crippen molar-refractivity contribution in [1.82, 2.24) is 10.2 Å². The zero-order valence-electron chi connectivity index (χ0n) is 13.5. The van der Waals surface area contributed by atoms with Gasteiger partial charge in [0.25, 0.3) is 0 Å². The molecule has 1 aromatic rings. The minimum absolute atomic E-state index is 0.120. The maximum atomic E-state index is 12.1. The van der Waals surface area contributed by atoms with Crippen molar-refractivity contribution in [3.8, 4) is 0 Å². The summed E-state index contributed by atoms with van der Waals surface area (Å²) in [4.78, 5) is 14.6. The summed E-state index contributed by atoms with van der Waals surface area (Å²) in [5, 5.41) is 6.26. The predicted octanol–water partition coefficient (Wildman–Crippen LogP) is 2.47. The first-order valence-corrected chi connectivity index (χ1v) is 8.53. The summed E-state index contributed by atoms with van der Waals surface area (Å²) in [6, 6.07) is 8.34. The number of nitrogens with zero attached hydrogens (tertiary/aromatic N) is 1. The van der Waals surface area contributed by atoms with E-state index in [-0.39, 0.29) is 11.8 Å². The Morgan fingerprint density at radius 2 is 1.95 bits per heavy atom. The first-order valence-electron chi connectivity index (χ1n) is 8.53. The van der Waals surface area contributed by atoms with Gasteiger partial charge in [-0.1, -0.05) is 19.1 Å². The van der Waals surface area contributed by atoms with E-state index in [0.717, 1.165) is 37.7 Å². The topological polar surface area (TPSA) is 44.4 Å². The molecule has 0 aliphatic carbocycles. The lowest BCUT2D eigenvalue weighted by atomic mass is 9.99. The summed E-state index contributed by atoms with van der Waals surface area (Å²) in [6.07, 6.45) is 3.56. The van der Waals surface area contributed by atoms with E-state index in [0.29, 0.717) is 0 Å². The normalized spacial score (nSPS) is 23.6. The Bertz CT molecular complexity index is 486. The molecule has 0 aromatic heterocycles. The van der Waals surface area contributed by atoms with Crippen LogP contribution in [0, 0.1) is 11.8 Å². The van der Waals surface area contributed by atoms with Crippen LogP contribution in [0.5, 0.6) is 0 Å². The van der Waals surface area contributed by atoms with E-state index in [9.17, 15) is 4.79 Å². The lowest BCUT2D eigenvalue weighted by Gasteiger charge is -2.30. The zero-order valence-corrected chi connectivity index (χ0v) is 13.5. The molecule has 1 amide bonds. The van der Waals surface area contributed by atoms with E-state index in [4.69, 9.17) is 0 Å². The van der Waals surface area contributed by atoms with Crippen LogP contribution in [0.15, 0.2) is 24.3 Å². The summed E-state index contributed by atoms with van der Waals surface area (Å²) < 4.78 is 0. The lowest BCUT2D eigenvalue weighted by molar-refractivity contribution is -0.119. The van der Waals surface area contributed by atoms with Crippen molar-refractivity contribution < 1.29 is 4.79 Å². The van der Waals surface area contributed by atoms with Crippen molar-refractivity contribution in [3.63, 3.8) is 0 Å². The van der Waals surface area contributed by atoms with Crippen molar-refractivity contribution in [1.29, 1.82) is 0 Å². The monoisotopic (exact) mass is 301 g/mol. The maximum Gasteiger partial charge on any atom is 0.228 e. The predicted molar refractivity (Wildman–Crippen MR) is 89.7 cm³/mol. The SMILES string of the molecule is CC1CCN(Cc2ccc(NC(=O)C3CCNC3)cc2)CC1. The standard InChI is InChI=1S/C18H27N3O/c1-14-7-10-21(11-8-14)13-15-2-4-17(5-3-15)20-18(22)16-6-9-19-12-16/h2-5,14,16,19H,6-13H2,1H3,(H,20,22). The Kier molecular flexibility index (Phi) is 5.11. The molecular formula is C18H27N3O. The second kappa shape index (κ2) is 7.25. The number of nitrogens with one attached hydrogen (secondary N) is 2. The maximum absolute atomic E-state index is 12.1. The molecule has 0 saturated carbocycles. The minimum Gasteiger partial charge on any atom is -0.326 e. The van der Waals surface area contributed by atoms with Crippen LogP contribution < -0.4 is 10.6 Å². The molecule has 1 aromatic carbocycles. The highest BCUT2D eigenvalue weighted by molar-refractivity contribution is 5.92. The molecule has 2 N–H and O–H groups in total. The second-order valence-electron chi connectivity index (χ2n) is 6.83. The number of carbonyl (C=O) groups excluding carboxylic acids is 1.